The number of hydrogen-bond donors (Lipinski definition) is 2. The maximum Gasteiger partial charge on any atom is 0.315 e. The van der Waals surface area contributed by atoms with Crippen LogP contribution < -0.4 is 10.6 Å². The number of amides is 2. The van der Waals surface area contributed by atoms with Crippen LogP contribution in [0.5, 0.6) is 0 Å². The summed E-state index contributed by atoms with van der Waals surface area (Å²) in [4.78, 5) is 15.6. The van der Waals surface area contributed by atoms with E-state index in [2.05, 4.69) is 31.5 Å². The highest BCUT2D eigenvalue weighted by atomic mass is 79.9. The van der Waals surface area contributed by atoms with Crippen LogP contribution in [-0.2, 0) is 13.1 Å². The fraction of sp³-hybridized carbons (Fsp3) is 0.143. The van der Waals surface area contributed by atoms with Crippen molar-refractivity contribution in [3.63, 3.8) is 0 Å². The van der Waals surface area contributed by atoms with Gasteiger partial charge in [0.05, 0.1) is 0 Å². The molecule has 0 saturated heterocycles. The van der Waals surface area contributed by atoms with Crippen molar-refractivity contribution < 1.29 is 4.79 Å². The van der Waals surface area contributed by atoms with Gasteiger partial charge in [-0.3, -0.25) is 4.98 Å². The molecular weight excluding hydrogens is 306 g/mol. The molecule has 2 aromatic rings. The van der Waals surface area contributed by atoms with Crippen LogP contribution in [-0.4, -0.2) is 11.0 Å². The van der Waals surface area contributed by atoms with Crippen LogP contribution >= 0.6 is 15.9 Å². The monoisotopic (exact) mass is 319 g/mol. The fourth-order valence-corrected chi connectivity index (χ4v) is 2.02. The zero-order valence-corrected chi connectivity index (χ0v) is 11.9. The molecule has 0 aliphatic rings. The Labute approximate surface area is 120 Å². The predicted octanol–water partition coefficient (Wildman–Crippen LogP) is 2.84. The minimum atomic E-state index is -0.191. The van der Waals surface area contributed by atoms with Crippen LogP contribution in [0.25, 0.3) is 0 Å². The van der Waals surface area contributed by atoms with Crippen LogP contribution in [0.15, 0.2) is 53.3 Å². The normalized spacial score (nSPS) is 9.95. The van der Waals surface area contributed by atoms with Crippen molar-refractivity contribution >= 4 is 22.0 Å². The van der Waals surface area contributed by atoms with Crippen molar-refractivity contribution in [1.29, 1.82) is 0 Å². The Morgan fingerprint density at radius 3 is 2.53 bits per heavy atom. The van der Waals surface area contributed by atoms with Gasteiger partial charge in [0.25, 0.3) is 0 Å². The van der Waals surface area contributed by atoms with E-state index in [1.54, 1.807) is 12.4 Å². The molecule has 0 atom stereocenters. The molecule has 0 spiro atoms. The molecule has 4 nitrogen and oxygen atoms in total. The summed E-state index contributed by atoms with van der Waals surface area (Å²) >= 11 is 3.40. The highest BCUT2D eigenvalue weighted by molar-refractivity contribution is 9.10. The molecule has 19 heavy (non-hydrogen) atoms. The molecule has 1 aromatic heterocycles. The maximum atomic E-state index is 11.6. The number of nitrogens with zero attached hydrogens (tertiary/aromatic N) is 1. The number of urea groups is 1. The van der Waals surface area contributed by atoms with E-state index in [1.165, 1.54) is 0 Å². The number of benzene rings is 1. The van der Waals surface area contributed by atoms with Gasteiger partial charge in [0.15, 0.2) is 0 Å². The third kappa shape index (κ3) is 4.71. The Bertz CT molecular complexity index is 545. The lowest BCUT2D eigenvalue weighted by Gasteiger charge is -2.07. The smallest absolute Gasteiger partial charge is 0.315 e. The van der Waals surface area contributed by atoms with E-state index < -0.39 is 0 Å². The summed E-state index contributed by atoms with van der Waals surface area (Å²) in [5.41, 5.74) is 2.02. The Kier molecular flexibility index (Phi) is 4.92. The van der Waals surface area contributed by atoms with E-state index in [0.717, 1.165) is 15.6 Å². The minimum absolute atomic E-state index is 0.191. The zero-order chi connectivity index (χ0) is 13.5. The van der Waals surface area contributed by atoms with E-state index in [0.29, 0.717) is 13.1 Å². The lowest BCUT2D eigenvalue weighted by Crippen LogP contribution is -2.34. The molecule has 0 bridgehead atoms. The second-order valence-electron chi connectivity index (χ2n) is 4.03. The third-order valence-electron chi connectivity index (χ3n) is 2.52. The molecule has 2 N–H and O–H groups in total. The summed E-state index contributed by atoms with van der Waals surface area (Å²) in [6, 6.07) is 11.4. The van der Waals surface area contributed by atoms with Gasteiger partial charge < -0.3 is 10.6 Å². The molecule has 0 radical (unpaired) electrons. The van der Waals surface area contributed by atoms with Crippen LogP contribution in [0.3, 0.4) is 0 Å². The van der Waals surface area contributed by atoms with E-state index in [1.807, 2.05) is 36.4 Å². The topological polar surface area (TPSA) is 54.0 Å². The second-order valence-corrected chi connectivity index (χ2v) is 4.94. The van der Waals surface area contributed by atoms with Crippen molar-refractivity contribution in [3.05, 3.63) is 64.4 Å². The summed E-state index contributed by atoms with van der Waals surface area (Å²) in [6.45, 7) is 0.969. The first-order chi connectivity index (χ1) is 9.24. The fourth-order valence-electron chi connectivity index (χ4n) is 1.58. The van der Waals surface area contributed by atoms with Gasteiger partial charge in [-0.2, -0.15) is 0 Å². The molecule has 0 unspecified atom stereocenters. The Morgan fingerprint density at radius 1 is 1.11 bits per heavy atom. The Morgan fingerprint density at radius 2 is 1.84 bits per heavy atom. The first-order valence-electron chi connectivity index (χ1n) is 5.89. The van der Waals surface area contributed by atoms with Gasteiger partial charge in [-0.25, -0.2) is 4.79 Å². The number of halogens is 1. The van der Waals surface area contributed by atoms with Gasteiger partial charge >= 0.3 is 6.03 Å². The number of rotatable bonds is 4. The van der Waals surface area contributed by atoms with Crippen LogP contribution in [0.1, 0.15) is 11.1 Å². The Balaban J connectivity index is 1.76. The molecule has 0 aliphatic carbocycles. The van der Waals surface area contributed by atoms with Gasteiger partial charge in [-0.1, -0.05) is 34.1 Å². The first kappa shape index (κ1) is 13.5. The molecular formula is C14H14BrN3O. The van der Waals surface area contributed by atoms with Gasteiger partial charge in [-0.05, 0) is 29.3 Å². The van der Waals surface area contributed by atoms with E-state index >= 15 is 0 Å². The van der Waals surface area contributed by atoms with Gasteiger partial charge in [0, 0.05) is 30.0 Å². The Hall–Kier alpha value is -1.88. The average molecular weight is 320 g/mol. The summed E-state index contributed by atoms with van der Waals surface area (Å²) in [7, 11) is 0. The molecule has 1 heterocycles. The van der Waals surface area contributed by atoms with E-state index in [9.17, 15) is 4.79 Å². The molecule has 0 aliphatic heterocycles. The number of nitrogens with one attached hydrogen (secondary N) is 2. The van der Waals surface area contributed by atoms with Crippen LogP contribution in [0.2, 0.25) is 0 Å². The zero-order valence-electron chi connectivity index (χ0n) is 10.3. The van der Waals surface area contributed by atoms with Gasteiger partial charge in [0.2, 0.25) is 0 Å². The first-order valence-corrected chi connectivity index (χ1v) is 6.68. The summed E-state index contributed by atoms with van der Waals surface area (Å²) in [5.74, 6) is 0. The molecule has 0 saturated carbocycles. The quantitative estimate of drug-likeness (QED) is 0.910. The standard InChI is InChI=1S/C14H14BrN3O/c15-13-5-1-3-11(7-13)9-17-14(19)18-10-12-4-2-6-16-8-12/h1-8H,9-10H2,(H2,17,18,19). The van der Waals surface area contributed by atoms with E-state index in [-0.39, 0.29) is 6.03 Å². The van der Waals surface area contributed by atoms with Crippen molar-refractivity contribution in [2.75, 3.05) is 0 Å². The van der Waals surface area contributed by atoms with Crippen molar-refractivity contribution in [2.24, 2.45) is 0 Å². The summed E-state index contributed by atoms with van der Waals surface area (Å²) in [6.07, 6.45) is 3.44. The highest BCUT2D eigenvalue weighted by Gasteiger charge is 2.01. The number of carbonyl (C=O) groups is 1. The predicted molar refractivity (Wildman–Crippen MR) is 77.5 cm³/mol. The summed E-state index contributed by atoms with van der Waals surface area (Å²) in [5, 5.41) is 5.59. The second kappa shape index (κ2) is 6.89. The lowest BCUT2D eigenvalue weighted by molar-refractivity contribution is 0.240. The van der Waals surface area contributed by atoms with Crippen LogP contribution in [0.4, 0.5) is 4.79 Å². The number of aromatic nitrogens is 1. The largest absolute Gasteiger partial charge is 0.334 e. The van der Waals surface area contributed by atoms with Gasteiger partial charge in [-0.15, -0.1) is 0 Å². The molecule has 1 aromatic carbocycles. The SMILES string of the molecule is O=C(NCc1cccnc1)NCc1cccc(Br)c1. The maximum absolute atomic E-state index is 11.6. The van der Waals surface area contributed by atoms with Crippen molar-refractivity contribution in [1.82, 2.24) is 15.6 Å². The molecule has 0 fully saturated rings. The molecule has 2 amide bonds. The minimum Gasteiger partial charge on any atom is -0.334 e. The molecule has 5 heteroatoms. The molecule has 2 rings (SSSR count). The molecule has 98 valence electrons. The van der Waals surface area contributed by atoms with Crippen molar-refractivity contribution in [3.8, 4) is 0 Å². The lowest BCUT2D eigenvalue weighted by atomic mass is 10.2. The number of carbonyl (C=O) groups excluding carboxylic acids is 1. The number of pyridine rings is 1. The van der Waals surface area contributed by atoms with Crippen LogP contribution in [0, 0.1) is 0 Å². The van der Waals surface area contributed by atoms with Crippen molar-refractivity contribution in [2.45, 2.75) is 13.1 Å². The third-order valence-corrected chi connectivity index (χ3v) is 3.01. The van der Waals surface area contributed by atoms with Gasteiger partial charge in [0.1, 0.15) is 0 Å². The summed E-state index contributed by atoms with van der Waals surface area (Å²) < 4.78 is 1.00. The van der Waals surface area contributed by atoms with E-state index in [4.69, 9.17) is 0 Å². The average Bonchev–Trinajstić information content (AvgIpc) is 2.44. The highest BCUT2D eigenvalue weighted by Crippen LogP contribution is 2.11. The number of hydrogen-bond acceptors (Lipinski definition) is 2.